The number of rotatable bonds is 26. The second-order valence-electron chi connectivity index (χ2n) is 27.4. The SMILES string of the molecule is C.C.C.Cc1cn(C2CC(O)[C@@H](CO)S2)c(=O)n(Cn2cc(-c3ccc(CN4CCN(CC(=O)O)CCN(CC(=O)O)CCN(CC(=O)O)CC4)cc3)nn2)c1=O.Cc1cn(C2CC(O)[C@@H](CO)S2)c(=O)n(Cn2cc(-c3ccc(CN4CCN(CC(=O)O)CCN(CC(=O)O)CCN(CC(=O)O)CC4)cc3)nn2)c1=O.O=C=O.O=C=O. The number of carboxylic acid groups (broad SMARTS) is 6. The molecule has 0 spiro atoms. The average molecular weight is 1680 g/mol. The molecule has 644 valence electrons. The molecule has 6 atom stereocenters. The minimum Gasteiger partial charge on any atom is -0.480 e. The molecular formula is C73H106N18O24S2. The molecular weight excluding hydrogens is 1580 g/mol. The van der Waals surface area contributed by atoms with Gasteiger partial charge in [0.25, 0.3) is 11.1 Å². The normalized spacial score (nSPS) is 19.9. The maximum Gasteiger partial charge on any atom is 0.373 e. The van der Waals surface area contributed by atoms with Gasteiger partial charge in [-0.1, -0.05) is 81.2 Å². The number of nitrogens with zero attached hydrogens (tertiary/aromatic N) is 18. The summed E-state index contributed by atoms with van der Waals surface area (Å²) in [6, 6.07) is 15.2. The van der Waals surface area contributed by atoms with Crippen LogP contribution in [0.4, 0.5) is 0 Å². The van der Waals surface area contributed by atoms with E-state index >= 15 is 0 Å². The summed E-state index contributed by atoms with van der Waals surface area (Å²) in [4.78, 5) is 169. The molecule has 4 fully saturated rings. The molecule has 0 aliphatic carbocycles. The van der Waals surface area contributed by atoms with Gasteiger partial charge in [-0.25, -0.2) is 28.1 Å². The molecule has 42 nitrogen and oxygen atoms in total. The van der Waals surface area contributed by atoms with Gasteiger partial charge in [-0.15, -0.1) is 33.7 Å². The fourth-order valence-corrected chi connectivity index (χ4v) is 16.0. The Hall–Kier alpha value is -10.1. The van der Waals surface area contributed by atoms with Crippen LogP contribution >= 0.6 is 23.5 Å². The van der Waals surface area contributed by atoms with Crippen molar-refractivity contribution in [3.63, 3.8) is 0 Å². The Morgan fingerprint density at radius 2 is 0.641 bits per heavy atom. The first-order valence-corrected chi connectivity index (χ1v) is 37.9. The molecule has 10 rings (SSSR count). The van der Waals surface area contributed by atoms with Gasteiger partial charge in [0.15, 0.2) is 0 Å². The minimum atomic E-state index is -1.01. The van der Waals surface area contributed by atoms with E-state index < -0.39 is 91.8 Å². The van der Waals surface area contributed by atoms with Crippen molar-refractivity contribution < 1.29 is 99.0 Å². The van der Waals surface area contributed by atoms with Crippen LogP contribution in [0.1, 0.15) is 68.1 Å². The summed E-state index contributed by atoms with van der Waals surface area (Å²) in [6.45, 7) is 8.40. The van der Waals surface area contributed by atoms with Crippen molar-refractivity contribution in [2.24, 2.45) is 0 Å². The van der Waals surface area contributed by atoms with Crippen molar-refractivity contribution in [3.05, 3.63) is 137 Å². The van der Waals surface area contributed by atoms with Gasteiger partial charge in [0.2, 0.25) is 0 Å². The standard InChI is InChI=1S/2C34H47N9O10S.2CO2.3CH4/c2*1-23-15-42(29-14-27(45)28(21-44)54-29)34(53)43(33(23)52)22-41-17-26(35-36-41)25-4-2-24(3-5-25)16-37-6-8-38(18-30(46)47)10-12-40(20-32(50)51)13-11-39(9-7-37)19-31(48)49;2*2-1-3;;;/h2*2-5,15,17,27-29,44-45H,6-14,16,18-22H2,1H3,(H,46,47)(H,48,49)(H,50,51);;;3*1H4/t2*27?,28-,29?;;;;;/m11...../s1. The Bertz CT molecular complexity index is 4180. The zero-order valence-corrected chi connectivity index (χ0v) is 64.3. The van der Waals surface area contributed by atoms with Crippen LogP contribution in [0.25, 0.3) is 22.5 Å². The summed E-state index contributed by atoms with van der Waals surface area (Å²) < 4.78 is 7.75. The molecule has 0 radical (unpaired) electrons. The molecule has 4 aliphatic rings. The third-order valence-electron chi connectivity index (χ3n) is 19.1. The Kier molecular flexibility index (Phi) is 41.7. The second-order valence-corrected chi connectivity index (χ2v) is 30.2. The maximum absolute atomic E-state index is 13.4. The van der Waals surface area contributed by atoms with Crippen LogP contribution in [0.3, 0.4) is 0 Å². The number of aromatic nitrogens is 10. The van der Waals surface area contributed by atoms with Gasteiger partial charge in [0, 0.05) is 165 Å². The topological polar surface area (TPSA) is 548 Å². The van der Waals surface area contributed by atoms with E-state index in [-0.39, 0.29) is 113 Å². The number of carbonyl (C=O) groups is 6. The van der Waals surface area contributed by atoms with Crippen molar-refractivity contribution >= 4 is 71.6 Å². The smallest absolute Gasteiger partial charge is 0.373 e. The molecule has 44 heteroatoms. The molecule has 0 bridgehead atoms. The van der Waals surface area contributed by atoms with E-state index in [1.807, 2.05) is 48.5 Å². The molecule has 4 aliphatic heterocycles. The number of aliphatic carboxylic acids is 6. The number of aryl methyl sites for hydroxylation is 2. The number of thioether (sulfide) groups is 2. The highest BCUT2D eigenvalue weighted by Gasteiger charge is 2.37. The van der Waals surface area contributed by atoms with E-state index in [4.69, 9.17) is 19.2 Å². The molecule has 10 N–H and O–H groups in total. The summed E-state index contributed by atoms with van der Waals surface area (Å²) in [7, 11) is 0. The first kappa shape index (κ1) is 99.2. The summed E-state index contributed by atoms with van der Waals surface area (Å²) >= 11 is 2.57. The molecule has 8 heterocycles. The van der Waals surface area contributed by atoms with Crippen molar-refractivity contribution in [2.75, 3.05) is 157 Å². The van der Waals surface area contributed by atoms with E-state index in [9.17, 15) is 99.0 Å². The highest BCUT2D eigenvalue weighted by molar-refractivity contribution is 8.00. The lowest BCUT2D eigenvalue weighted by molar-refractivity contribution is -0.193. The monoisotopic (exact) mass is 1680 g/mol. The summed E-state index contributed by atoms with van der Waals surface area (Å²) in [5, 5.41) is 111. The maximum atomic E-state index is 13.4. The van der Waals surface area contributed by atoms with Crippen LogP contribution in [0.2, 0.25) is 0 Å². The van der Waals surface area contributed by atoms with E-state index in [0.29, 0.717) is 140 Å². The van der Waals surface area contributed by atoms with E-state index in [0.717, 1.165) is 31.4 Å². The van der Waals surface area contributed by atoms with Crippen LogP contribution in [-0.4, -0.2) is 367 Å². The Morgan fingerprint density at radius 3 is 0.863 bits per heavy atom. The molecule has 4 aromatic heterocycles. The highest BCUT2D eigenvalue weighted by Crippen LogP contribution is 2.41. The van der Waals surface area contributed by atoms with Crippen LogP contribution in [0, 0.1) is 13.8 Å². The summed E-state index contributed by atoms with van der Waals surface area (Å²) in [6.07, 6.45) is 5.69. The number of benzene rings is 2. The Balaban J connectivity index is 0.000000450. The van der Waals surface area contributed by atoms with Crippen LogP contribution < -0.4 is 22.5 Å². The fourth-order valence-electron chi connectivity index (χ4n) is 13.2. The van der Waals surface area contributed by atoms with Gasteiger partial charge in [-0.2, -0.15) is 19.2 Å². The Labute approximate surface area is 680 Å². The second kappa shape index (κ2) is 49.2. The number of hydrogen-bond acceptors (Lipinski definition) is 32. The fraction of sp³-hybridized carbons (Fsp3) is 0.562. The first-order chi connectivity index (χ1) is 54.4. The molecule has 6 aromatic rings. The number of carbonyl (C=O) groups excluding carboxylic acids is 4. The van der Waals surface area contributed by atoms with Gasteiger partial charge in [-0.05, 0) is 25.0 Å². The van der Waals surface area contributed by atoms with Gasteiger partial charge < -0.3 is 51.1 Å². The summed E-state index contributed by atoms with van der Waals surface area (Å²) in [5.74, 6) is -5.96. The number of carboxylic acids is 6. The van der Waals surface area contributed by atoms with E-state index in [1.54, 1.807) is 55.6 Å². The molecule has 4 unspecified atom stereocenters. The lowest BCUT2D eigenvalue weighted by atomic mass is 10.1. The van der Waals surface area contributed by atoms with Gasteiger partial charge in [-0.3, -0.25) is 86.7 Å². The predicted octanol–water partition coefficient (Wildman–Crippen LogP) is -2.43. The lowest BCUT2D eigenvalue weighted by Gasteiger charge is -2.33. The van der Waals surface area contributed by atoms with Gasteiger partial charge in [0.1, 0.15) is 24.7 Å². The zero-order chi connectivity index (χ0) is 83.3. The third kappa shape index (κ3) is 31.0. The molecule has 4 saturated heterocycles. The van der Waals surface area contributed by atoms with Gasteiger partial charge >= 0.3 is 59.5 Å². The van der Waals surface area contributed by atoms with Crippen molar-refractivity contribution in [1.29, 1.82) is 0 Å². The quantitative estimate of drug-likeness (QED) is 0.0270. The van der Waals surface area contributed by atoms with Crippen LogP contribution in [0.5, 0.6) is 0 Å². The molecule has 117 heavy (non-hydrogen) atoms. The average Bonchev–Trinajstić information content (AvgIpc) is 1.74. The number of aliphatic hydroxyl groups excluding tert-OH is 4. The largest absolute Gasteiger partial charge is 0.480 e. The lowest BCUT2D eigenvalue weighted by Crippen LogP contribution is -2.48. The molecule has 2 aromatic carbocycles. The van der Waals surface area contributed by atoms with Crippen molar-refractivity contribution in [2.45, 2.75) is 109 Å². The third-order valence-corrected chi connectivity index (χ3v) is 22.2. The molecule has 0 saturated carbocycles. The molecule has 0 amide bonds. The number of aliphatic hydroxyl groups is 4. The van der Waals surface area contributed by atoms with Crippen molar-refractivity contribution in [1.82, 2.24) is 87.5 Å². The highest BCUT2D eigenvalue weighted by atomic mass is 32.2. The summed E-state index contributed by atoms with van der Waals surface area (Å²) in [5.41, 5.74) is 3.03. The van der Waals surface area contributed by atoms with Gasteiger partial charge in [0.05, 0.1) is 98.3 Å². The minimum absolute atomic E-state index is 0. The van der Waals surface area contributed by atoms with E-state index in [1.165, 1.54) is 54.4 Å². The Morgan fingerprint density at radius 1 is 0.402 bits per heavy atom. The van der Waals surface area contributed by atoms with E-state index in [2.05, 4.69) is 30.4 Å². The van der Waals surface area contributed by atoms with Crippen molar-refractivity contribution in [3.8, 4) is 22.5 Å². The zero-order valence-electron chi connectivity index (χ0n) is 62.7. The van der Waals surface area contributed by atoms with Crippen LogP contribution in [-0.2, 0) is 74.4 Å². The van der Waals surface area contributed by atoms with Crippen LogP contribution in [0.15, 0.2) is 92.5 Å². The number of hydrogen-bond donors (Lipinski definition) is 10. The predicted molar refractivity (Wildman–Crippen MR) is 423 cm³/mol. The first-order valence-electron chi connectivity index (χ1n) is 36.0.